The van der Waals surface area contributed by atoms with Gasteiger partial charge in [0.25, 0.3) is 0 Å². The minimum atomic E-state index is -0.937. The molecule has 1 heterocycles. The summed E-state index contributed by atoms with van der Waals surface area (Å²) < 4.78 is 0. The molecular weight excluding hydrogens is 288 g/mol. The SMILES string of the molecule is Cc1nc(CC(=O)NCCc2ccc(C(=O)O)cc2)cs1. The van der Waals surface area contributed by atoms with Gasteiger partial charge in [-0.3, -0.25) is 4.79 Å². The third-order valence-corrected chi connectivity index (χ3v) is 3.77. The second-order valence-corrected chi connectivity index (χ2v) is 5.70. The number of aromatic nitrogens is 1. The van der Waals surface area contributed by atoms with E-state index in [0.29, 0.717) is 19.4 Å². The summed E-state index contributed by atoms with van der Waals surface area (Å²) in [5.74, 6) is -0.990. The lowest BCUT2D eigenvalue weighted by Crippen LogP contribution is -2.27. The average Bonchev–Trinajstić information content (AvgIpc) is 2.84. The number of carboxylic acids is 1. The number of carbonyl (C=O) groups excluding carboxylic acids is 1. The molecule has 110 valence electrons. The molecule has 5 nitrogen and oxygen atoms in total. The van der Waals surface area contributed by atoms with E-state index in [0.717, 1.165) is 16.3 Å². The number of hydrogen-bond donors (Lipinski definition) is 2. The van der Waals surface area contributed by atoms with Gasteiger partial charge in [-0.1, -0.05) is 12.1 Å². The van der Waals surface area contributed by atoms with Crippen LogP contribution in [0.1, 0.15) is 26.6 Å². The molecule has 1 aromatic carbocycles. The maximum absolute atomic E-state index is 11.7. The highest BCUT2D eigenvalue weighted by Crippen LogP contribution is 2.08. The van der Waals surface area contributed by atoms with Crippen molar-refractivity contribution in [1.82, 2.24) is 10.3 Å². The van der Waals surface area contributed by atoms with Crippen molar-refractivity contribution in [3.05, 3.63) is 51.5 Å². The second kappa shape index (κ2) is 6.99. The summed E-state index contributed by atoms with van der Waals surface area (Å²) in [7, 11) is 0. The van der Waals surface area contributed by atoms with E-state index in [4.69, 9.17) is 5.11 Å². The highest BCUT2D eigenvalue weighted by molar-refractivity contribution is 7.09. The number of nitrogens with one attached hydrogen (secondary N) is 1. The van der Waals surface area contributed by atoms with Gasteiger partial charge in [0.05, 0.1) is 22.7 Å². The molecule has 2 rings (SSSR count). The number of amides is 1. The van der Waals surface area contributed by atoms with Crippen LogP contribution in [0.3, 0.4) is 0 Å². The molecule has 0 aliphatic heterocycles. The molecule has 21 heavy (non-hydrogen) atoms. The van der Waals surface area contributed by atoms with Crippen molar-refractivity contribution in [3.63, 3.8) is 0 Å². The molecular formula is C15H16N2O3S. The molecule has 0 spiro atoms. The summed E-state index contributed by atoms with van der Waals surface area (Å²) in [6, 6.07) is 6.66. The molecule has 1 aromatic heterocycles. The fourth-order valence-electron chi connectivity index (χ4n) is 1.88. The Balaban J connectivity index is 1.76. The van der Waals surface area contributed by atoms with Crippen molar-refractivity contribution in [2.75, 3.05) is 6.54 Å². The smallest absolute Gasteiger partial charge is 0.335 e. The van der Waals surface area contributed by atoms with E-state index in [1.54, 1.807) is 24.3 Å². The first kappa shape index (κ1) is 15.2. The van der Waals surface area contributed by atoms with Crippen molar-refractivity contribution >= 4 is 23.2 Å². The van der Waals surface area contributed by atoms with Crippen molar-refractivity contribution in [3.8, 4) is 0 Å². The summed E-state index contributed by atoms with van der Waals surface area (Å²) in [4.78, 5) is 26.7. The van der Waals surface area contributed by atoms with E-state index in [1.165, 1.54) is 11.3 Å². The zero-order valence-electron chi connectivity index (χ0n) is 11.6. The first-order valence-corrected chi connectivity index (χ1v) is 7.42. The summed E-state index contributed by atoms with van der Waals surface area (Å²) >= 11 is 1.53. The van der Waals surface area contributed by atoms with Crippen molar-refractivity contribution in [1.29, 1.82) is 0 Å². The van der Waals surface area contributed by atoms with Gasteiger partial charge in [-0.05, 0) is 31.0 Å². The van der Waals surface area contributed by atoms with Crippen LogP contribution in [0, 0.1) is 6.92 Å². The van der Waals surface area contributed by atoms with Gasteiger partial charge in [0.1, 0.15) is 0 Å². The van der Waals surface area contributed by atoms with Gasteiger partial charge in [-0.25, -0.2) is 9.78 Å². The fourth-order valence-corrected chi connectivity index (χ4v) is 2.49. The van der Waals surface area contributed by atoms with Crippen LogP contribution in [-0.2, 0) is 17.6 Å². The highest BCUT2D eigenvalue weighted by Gasteiger charge is 2.06. The van der Waals surface area contributed by atoms with Gasteiger partial charge in [-0.2, -0.15) is 0 Å². The number of nitrogens with zero attached hydrogens (tertiary/aromatic N) is 1. The van der Waals surface area contributed by atoms with E-state index in [9.17, 15) is 9.59 Å². The molecule has 0 aliphatic carbocycles. The van der Waals surface area contributed by atoms with Crippen LogP contribution in [0.5, 0.6) is 0 Å². The Morgan fingerprint density at radius 2 is 2.00 bits per heavy atom. The highest BCUT2D eigenvalue weighted by atomic mass is 32.1. The van der Waals surface area contributed by atoms with E-state index in [1.807, 2.05) is 12.3 Å². The van der Waals surface area contributed by atoms with Crippen LogP contribution >= 0.6 is 11.3 Å². The second-order valence-electron chi connectivity index (χ2n) is 4.64. The Kier molecular flexibility index (Phi) is 5.05. The quantitative estimate of drug-likeness (QED) is 0.856. The molecule has 2 aromatic rings. The first-order valence-electron chi connectivity index (χ1n) is 6.54. The van der Waals surface area contributed by atoms with Gasteiger partial charge < -0.3 is 10.4 Å². The van der Waals surface area contributed by atoms with Crippen LogP contribution in [-0.4, -0.2) is 28.5 Å². The fraction of sp³-hybridized carbons (Fsp3) is 0.267. The van der Waals surface area contributed by atoms with E-state index >= 15 is 0 Å². The molecule has 0 radical (unpaired) electrons. The molecule has 0 aliphatic rings. The third-order valence-electron chi connectivity index (χ3n) is 2.94. The monoisotopic (exact) mass is 304 g/mol. The van der Waals surface area contributed by atoms with E-state index < -0.39 is 5.97 Å². The summed E-state index contributed by atoms with van der Waals surface area (Å²) in [5.41, 5.74) is 2.05. The molecule has 2 N–H and O–H groups in total. The van der Waals surface area contributed by atoms with Gasteiger partial charge in [0.2, 0.25) is 5.91 Å². The minimum absolute atomic E-state index is 0.0533. The largest absolute Gasteiger partial charge is 0.478 e. The minimum Gasteiger partial charge on any atom is -0.478 e. The Morgan fingerprint density at radius 1 is 1.29 bits per heavy atom. The summed E-state index contributed by atoms with van der Waals surface area (Å²) in [5, 5.41) is 14.5. The van der Waals surface area contributed by atoms with Crippen molar-refractivity contribution in [2.45, 2.75) is 19.8 Å². The van der Waals surface area contributed by atoms with Gasteiger partial charge in [0, 0.05) is 11.9 Å². The number of carbonyl (C=O) groups is 2. The molecule has 0 saturated heterocycles. The van der Waals surface area contributed by atoms with Crippen molar-refractivity contribution < 1.29 is 14.7 Å². The summed E-state index contributed by atoms with van der Waals surface area (Å²) in [6.45, 7) is 2.43. The third kappa shape index (κ3) is 4.68. The molecule has 0 unspecified atom stereocenters. The molecule has 1 amide bonds. The number of rotatable bonds is 6. The van der Waals surface area contributed by atoms with Gasteiger partial charge >= 0.3 is 5.97 Å². The van der Waals surface area contributed by atoms with Crippen LogP contribution in [0.15, 0.2) is 29.6 Å². The Morgan fingerprint density at radius 3 is 2.57 bits per heavy atom. The lowest BCUT2D eigenvalue weighted by molar-refractivity contribution is -0.120. The lowest BCUT2D eigenvalue weighted by atomic mass is 10.1. The lowest BCUT2D eigenvalue weighted by Gasteiger charge is -2.05. The molecule has 0 saturated carbocycles. The van der Waals surface area contributed by atoms with Crippen molar-refractivity contribution in [2.24, 2.45) is 0 Å². The Hall–Kier alpha value is -2.21. The molecule has 0 fully saturated rings. The number of thiazole rings is 1. The average molecular weight is 304 g/mol. The summed E-state index contributed by atoms with van der Waals surface area (Å²) in [6.07, 6.45) is 0.962. The van der Waals surface area contributed by atoms with Crippen LogP contribution in [0.4, 0.5) is 0 Å². The predicted octanol–water partition coefficient (Wildman–Crippen LogP) is 2.05. The number of aryl methyl sites for hydroxylation is 1. The Bertz CT molecular complexity index is 635. The number of hydrogen-bond acceptors (Lipinski definition) is 4. The normalized spacial score (nSPS) is 10.3. The molecule has 0 bridgehead atoms. The number of carboxylic acid groups (broad SMARTS) is 1. The predicted molar refractivity (Wildman–Crippen MR) is 80.7 cm³/mol. The number of benzene rings is 1. The van der Waals surface area contributed by atoms with Crippen LogP contribution in [0.2, 0.25) is 0 Å². The zero-order valence-corrected chi connectivity index (χ0v) is 12.4. The number of aromatic carboxylic acids is 1. The first-order chi connectivity index (χ1) is 10.0. The topological polar surface area (TPSA) is 79.3 Å². The maximum Gasteiger partial charge on any atom is 0.335 e. The van der Waals surface area contributed by atoms with Crippen LogP contribution in [0.25, 0.3) is 0 Å². The molecule has 6 heteroatoms. The van der Waals surface area contributed by atoms with E-state index in [-0.39, 0.29) is 11.5 Å². The zero-order chi connectivity index (χ0) is 15.2. The van der Waals surface area contributed by atoms with Crippen LogP contribution < -0.4 is 5.32 Å². The molecule has 0 atom stereocenters. The van der Waals surface area contributed by atoms with E-state index in [2.05, 4.69) is 10.3 Å². The standard InChI is InChI=1S/C15H16N2O3S/c1-10-17-13(9-21-10)8-14(18)16-7-6-11-2-4-12(5-3-11)15(19)20/h2-5,9H,6-8H2,1H3,(H,16,18)(H,19,20). The van der Waals surface area contributed by atoms with Gasteiger partial charge in [0.15, 0.2) is 0 Å². The Labute approximate surface area is 126 Å². The van der Waals surface area contributed by atoms with Gasteiger partial charge in [-0.15, -0.1) is 11.3 Å². The maximum atomic E-state index is 11.7.